The summed E-state index contributed by atoms with van der Waals surface area (Å²) in [6.07, 6.45) is -4.93. The minimum Gasteiger partial charge on any atom is -0.479 e. The number of aliphatic carboxylic acids is 1. The molecule has 1 aliphatic carbocycles. The molecule has 1 saturated heterocycles. The average Bonchev–Trinajstić information content (AvgIpc) is 2.70. The first-order chi connectivity index (χ1) is 5.97. The van der Waals surface area contributed by atoms with E-state index in [2.05, 4.69) is 0 Å². The number of aliphatic hydroxyl groups excluding tert-OH is 2. The van der Waals surface area contributed by atoms with Crippen molar-refractivity contribution in [2.45, 2.75) is 36.4 Å². The van der Waals surface area contributed by atoms with Gasteiger partial charge in [-0.2, -0.15) is 0 Å². The summed E-state index contributed by atoms with van der Waals surface area (Å²) in [5.41, 5.74) is -1.44. The molecule has 0 radical (unpaired) electrons. The summed E-state index contributed by atoms with van der Waals surface area (Å²) >= 11 is 0. The quantitative estimate of drug-likeness (QED) is 0.370. The lowest BCUT2D eigenvalue weighted by Gasteiger charge is -2.32. The zero-order valence-corrected chi connectivity index (χ0v) is 6.62. The van der Waals surface area contributed by atoms with Crippen molar-refractivity contribution in [1.82, 2.24) is 0 Å². The van der Waals surface area contributed by atoms with Crippen molar-refractivity contribution in [2.24, 2.45) is 0 Å². The topological polar surface area (TPSA) is 107 Å². The van der Waals surface area contributed by atoms with Gasteiger partial charge in [0.25, 0.3) is 0 Å². The lowest BCUT2D eigenvalue weighted by Crippen LogP contribution is -2.55. The molecule has 0 amide bonds. The number of carboxylic acids is 1. The summed E-state index contributed by atoms with van der Waals surface area (Å²) in [6.45, 7) is 0. The van der Waals surface area contributed by atoms with Crippen molar-refractivity contribution < 1.29 is 30.0 Å². The smallest absolute Gasteiger partial charge is 0.335 e. The minimum atomic E-state index is -1.57. The second-order valence-electron chi connectivity index (χ2n) is 3.51. The fourth-order valence-electron chi connectivity index (χ4n) is 1.64. The summed E-state index contributed by atoms with van der Waals surface area (Å²) in [7, 11) is 0. The highest BCUT2D eigenvalue weighted by Gasteiger charge is 2.67. The third kappa shape index (κ3) is 1.07. The second kappa shape index (κ2) is 2.42. The van der Waals surface area contributed by atoms with Gasteiger partial charge in [-0.1, -0.05) is 0 Å². The minimum absolute atomic E-state index is 0.176. The van der Waals surface area contributed by atoms with Gasteiger partial charge in [-0.15, -0.1) is 0 Å². The molecule has 4 N–H and O–H groups in total. The summed E-state index contributed by atoms with van der Waals surface area (Å²) in [5.74, 6) is -1.33. The number of rotatable bonds is 1. The molecule has 2 fully saturated rings. The van der Waals surface area contributed by atoms with Gasteiger partial charge >= 0.3 is 5.97 Å². The van der Waals surface area contributed by atoms with Crippen LogP contribution in [0.1, 0.15) is 6.42 Å². The van der Waals surface area contributed by atoms with Crippen molar-refractivity contribution in [3.8, 4) is 0 Å². The summed E-state index contributed by atoms with van der Waals surface area (Å²) in [5, 5.41) is 36.6. The van der Waals surface area contributed by atoms with E-state index in [4.69, 9.17) is 9.84 Å². The Labute approximate surface area is 73.4 Å². The molecule has 2 unspecified atom stereocenters. The average molecular weight is 190 g/mol. The number of ether oxygens (including phenoxy) is 1. The molecule has 0 aromatic carbocycles. The van der Waals surface area contributed by atoms with Crippen molar-refractivity contribution in [2.75, 3.05) is 0 Å². The Bertz CT molecular complexity index is 253. The maximum absolute atomic E-state index is 10.5. The number of carboxylic acid groups (broad SMARTS) is 1. The molecule has 0 aromatic heterocycles. The molecule has 6 heteroatoms. The van der Waals surface area contributed by atoms with E-state index < -0.39 is 36.0 Å². The molecule has 6 nitrogen and oxygen atoms in total. The zero-order valence-electron chi connectivity index (χ0n) is 6.62. The molecule has 13 heavy (non-hydrogen) atoms. The number of hydrogen-bond donors (Lipinski definition) is 4. The lowest BCUT2D eigenvalue weighted by molar-refractivity contribution is -0.203. The normalized spacial score (nSPS) is 54.1. The van der Waals surface area contributed by atoms with Gasteiger partial charge in [0.15, 0.2) is 6.10 Å². The fraction of sp³-hybridized carbons (Fsp3) is 0.857. The van der Waals surface area contributed by atoms with Crippen molar-refractivity contribution in [3.63, 3.8) is 0 Å². The van der Waals surface area contributed by atoms with Crippen LogP contribution in [0, 0.1) is 0 Å². The van der Waals surface area contributed by atoms with Crippen LogP contribution in [0.25, 0.3) is 0 Å². The second-order valence-corrected chi connectivity index (χ2v) is 3.51. The fourth-order valence-corrected chi connectivity index (χ4v) is 1.64. The molecule has 1 saturated carbocycles. The van der Waals surface area contributed by atoms with Gasteiger partial charge in [0.2, 0.25) is 0 Å². The zero-order chi connectivity index (χ0) is 9.80. The van der Waals surface area contributed by atoms with Crippen LogP contribution in [0.4, 0.5) is 0 Å². The van der Waals surface area contributed by atoms with Gasteiger partial charge in [0, 0.05) is 6.42 Å². The van der Waals surface area contributed by atoms with Crippen LogP contribution in [0.2, 0.25) is 0 Å². The highest BCUT2D eigenvalue weighted by atomic mass is 16.6. The summed E-state index contributed by atoms with van der Waals surface area (Å²) in [4.78, 5) is 10.5. The summed E-state index contributed by atoms with van der Waals surface area (Å²) < 4.78 is 4.85. The molecule has 5 atom stereocenters. The van der Waals surface area contributed by atoms with Gasteiger partial charge < -0.3 is 25.2 Å². The van der Waals surface area contributed by atoms with Crippen molar-refractivity contribution in [1.29, 1.82) is 0 Å². The molecule has 2 aliphatic rings. The number of carbonyl (C=O) groups is 1. The van der Waals surface area contributed by atoms with E-state index in [1.807, 2.05) is 0 Å². The van der Waals surface area contributed by atoms with Crippen LogP contribution < -0.4 is 0 Å². The van der Waals surface area contributed by atoms with E-state index in [0.29, 0.717) is 0 Å². The Kier molecular flexibility index (Phi) is 1.65. The largest absolute Gasteiger partial charge is 0.479 e. The molecule has 0 aromatic rings. The Morgan fingerprint density at radius 1 is 1.46 bits per heavy atom. The molecule has 2 rings (SSSR count). The van der Waals surface area contributed by atoms with E-state index >= 15 is 0 Å². The number of fused-ring (bicyclic) bond motifs is 1. The van der Waals surface area contributed by atoms with Crippen LogP contribution in [0.3, 0.4) is 0 Å². The van der Waals surface area contributed by atoms with Crippen LogP contribution in [-0.2, 0) is 9.53 Å². The van der Waals surface area contributed by atoms with Crippen LogP contribution in [0.15, 0.2) is 0 Å². The number of aliphatic hydroxyl groups is 3. The molecule has 0 bridgehead atoms. The van der Waals surface area contributed by atoms with Crippen LogP contribution in [-0.4, -0.2) is 56.4 Å². The first kappa shape index (κ1) is 8.89. The molecular formula is C7H10O6. The van der Waals surface area contributed by atoms with Crippen LogP contribution in [0.5, 0.6) is 0 Å². The Morgan fingerprint density at radius 3 is 2.62 bits per heavy atom. The van der Waals surface area contributed by atoms with E-state index in [-0.39, 0.29) is 6.42 Å². The monoisotopic (exact) mass is 190 g/mol. The van der Waals surface area contributed by atoms with Gasteiger partial charge in [-0.05, 0) is 0 Å². The van der Waals surface area contributed by atoms with E-state index in [1.165, 1.54) is 0 Å². The summed E-state index contributed by atoms with van der Waals surface area (Å²) in [6, 6.07) is 0. The van der Waals surface area contributed by atoms with E-state index in [1.54, 1.807) is 0 Å². The van der Waals surface area contributed by atoms with Crippen molar-refractivity contribution >= 4 is 5.97 Å². The maximum Gasteiger partial charge on any atom is 0.335 e. The molecule has 1 aliphatic heterocycles. The predicted octanol–water partition coefficient (Wildman–Crippen LogP) is -2.31. The highest BCUT2D eigenvalue weighted by molar-refractivity contribution is 5.73. The molecule has 1 heterocycles. The highest BCUT2D eigenvalue weighted by Crippen LogP contribution is 2.47. The molecule has 74 valence electrons. The van der Waals surface area contributed by atoms with Gasteiger partial charge in [0.05, 0.1) is 6.10 Å². The predicted molar refractivity (Wildman–Crippen MR) is 37.9 cm³/mol. The van der Waals surface area contributed by atoms with Gasteiger partial charge in [0.1, 0.15) is 17.8 Å². The Balaban J connectivity index is 2.17. The Morgan fingerprint density at radius 2 is 2.08 bits per heavy atom. The first-order valence-corrected chi connectivity index (χ1v) is 3.93. The lowest BCUT2D eigenvalue weighted by atomic mass is 9.99. The SMILES string of the molecule is O=C(O)C1O[C@H]2CC2(O)[C@@H](O)[C@@H]1O. The van der Waals surface area contributed by atoms with Gasteiger partial charge in [-0.3, -0.25) is 0 Å². The Hall–Kier alpha value is -0.690. The van der Waals surface area contributed by atoms with Gasteiger partial charge in [-0.25, -0.2) is 4.79 Å². The van der Waals surface area contributed by atoms with E-state index in [9.17, 15) is 20.1 Å². The molecule has 0 spiro atoms. The third-order valence-corrected chi connectivity index (χ3v) is 2.61. The standard InChI is InChI=1S/C7H10O6/c8-3-4(6(10)11)13-2-1-7(2,12)5(3)9/h2-5,8-9,12H,1H2,(H,10,11)/t2-,3+,4?,5-,7?/m0/s1. The molecular weight excluding hydrogens is 180 g/mol. The number of hydrogen-bond acceptors (Lipinski definition) is 5. The first-order valence-electron chi connectivity index (χ1n) is 3.93. The van der Waals surface area contributed by atoms with Crippen molar-refractivity contribution in [3.05, 3.63) is 0 Å². The van der Waals surface area contributed by atoms with Crippen LogP contribution >= 0.6 is 0 Å². The maximum atomic E-state index is 10.5. The van der Waals surface area contributed by atoms with E-state index in [0.717, 1.165) is 0 Å². The third-order valence-electron chi connectivity index (χ3n) is 2.61.